The molecule has 1 fully saturated rings. The van der Waals surface area contributed by atoms with Crippen molar-refractivity contribution in [3.63, 3.8) is 0 Å². The number of halogens is 3. The SMILES string of the molecule is CN(C)[C@@H]1CCN(CC(C(=O)Nc2ccc(C(F)(F)F)cc2)c2ccc(C=CC(=O)Nc3ccccc3N)cc2)C1. The first-order chi connectivity index (χ1) is 19.5. The van der Waals surface area contributed by atoms with Crippen LogP contribution in [0.3, 0.4) is 0 Å². The van der Waals surface area contributed by atoms with Gasteiger partial charge in [0.05, 0.1) is 22.9 Å². The number of likely N-dealkylation sites (tertiary alicyclic amines) is 1. The van der Waals surface area contributed by atoms with Crippen molar-refractivity contribution in [1.82, 2.24) is 9.80 Å². The lowest BCUT2D eigenvalue weighted by Gasteiger charge is -2.25. The van der Waals surface area contributed by atoms with Crippen LogP contribution < -0.4 is 16.4 Å². The van der Waals surface area contributed by atoms with Crippen molar-refractivity contribution >= 4 is 35.0 Å². The first-order valence-corrected chi connectivity index (χ1v) is 13.3. The van der Waals surface area contributed by atoms with Crippen LogP contribution in [-0.4, -0.2) is 61.4 Å². The maximum absolute atomic E-state index is 13.5. The monoisotopic (exact) mass is 565 g/mol. The summed E-state index contributed by atoms with van der Waals surface area (Å²) in [5.74, 6) is -1.19. The molecule has 0 aliphatic carbocycles. The average molecular weight is 566 g/mol. The summed E-state index contributed by atoms with van der Waals surface area (Å²) in [7, 11) is 4.06. The second-order valence-electron chi connectivity index (χ2n) is 10.4. The quantitative estimate of drug-likeness (QED) is 0.242. The molecule has 10 heteroatoms. The van der Waals surface area contributed by atoms with Crippen LogP contribution >= 0.6 is 0 Å². The fourth-order valence-electron chi connectivity index (χ4n) is 4.77. The van der Waals surface area contributed by atoms with Crippen molar-refractivity contribution in [1.29, 1.82) is 0 Å². The minimum absolute atomic E-state index is 0.296. The predicted molar refractivity (Wildman–Crippen MR) is 156 cm³/mol. The Labute approximate surface area is 237 Å². The summed E-state index contributed by atoms with van der Waals surface area (Å²) >= 11 is 0. The number of amides is 2. The number of carbonyl (C=O) groups is 2. The standard InChI is InChI=1S/C31H34F3N5O2/c1-38(2)25-17-18-39(19-25)20-26(30(41)36-24-14-12-23(13-15-24)31(32,33)34)22-10-7-21(8-11-22)9-16-29(40)37-28-6-4-3-5-27(28)35/h3-16,25-26H,17-20,35H2,1-2H3,(H,36,41)(H,37,40)/t25-,26?/m1/s1. The van der Waals surface area contributed by atoms with Crippen molar-refractivity contribution < 1.29 is 22.8 Å². The first-order valence-electron chi connectivity index (χ1n) is 13.3. The number of nitrogens with two attached hydrogens (primary N) is 1. The van der Waals surface area contributed by atoms with E-state index in [0.29, 0.717) is 29.6 Å². The molecule has 0 bridgehead atoms. The average Bonchev–Trinajstić information content (AvgIpc) is 3.41. The molecule has 1 aliphatic heterocycles. The summed E-state index contributed by atoms with van der Waals surface area (Å²) in [6.07, 6.45) is -0.393. The van der Waals surface area contributed by atoms with Crippen LogP contribution in [0.15, 0.2) is 78.9 Å². The summed E-state index contributed by atoms with van der Waals surface area (Å²) in [5.41, 5.74) is 7.92. The van der Waals surface area contributed by atoms with E-state index >= 15 is 0 Å². The number of hydrogen-bond acceptors (Lipinski definition) is 5. The molecule has 7 nitrogen and oxygen atoms in total. The molecular formula is C31H34F3N5O2. The third kappa shape index (κ3) is 8.18. The van der Waals surface area contributed by atoms with Crippen LogP contribution in [0.4, 0.5) is 30.2 Å². The lowest BCUT2D eigenvalue weighted by Crippen LogP contribution is -2.36. The van der Waals surface area contributed by atoms with E-state index in [2.05, 4.69) is 20.4 Å². The van der Waals surface area contributed by atoms with Crippen LogP contribution in [0.5, 0.6) is 0 Å². The van der Waals surface area contributed by atoms with Crippen LogP contribution in [0, 0.1) is 0 Å². The number of nitrogens with zero attached hydrogens (tertiary/aromatic N) is 2. The van der Waals surface area contributed by atoms with Gasteiger partial charge in [-0.15, -0.1) is 0 Å². The Bertz CT molecular complexity index is 1370. The van der Waals surface area contributed by atoms with Crippen molar-refractivity contribution in [3.05, 3.63) is 95.6 Å². The Kier molecular flexibility index (Phi) is 9.46. The summed E-state index contributed by atoms with van der Waals surface area (Å²) in [6, 6.07) is 19.1. The number of para-hydroxylation sites is 2. The fourth-order valence-corrected chi connectivity index (χ4v) is 4.77. The van der Waals surface area contributed by atoms with E-state index in [0.717, 1.165) is 42.8 Å². The number of rotatable bonds is 9. The van der Waals surface area contributed by atoms with Gasteiger partial charge in [-0.3, -0.25) is 9.59 Å². The molecule has 1 unspecified atom stereocenters. The highest BCUT2D eigenvalue weighted by Gasteiger charge is 2.31. The Morgan fingerprint density at radius 2 is 1.71 bits per heavy atom. The fraction of sp³-hybridized carbons (Fsp3) is 0.290. The van der Waals surface area contributed by atoms with Crippen LogP contribution in [0.25, 0.3) is 6.08 Å². The van der Waals surface area contributed by atoms with Gasteiger partial charge in [0.15, 0.2) is 0 Å². The number of carbonyl (C=O) groups excluding carboxylic acids is 2. The van der Waals surface area contributed by atoms with Crippen molar-refractivity contribution in [3.8, 4) is 0 Å². The van der Waals surface area contributed by atoms with Crippen molar-refractivity contribution in [2.24, 2.45) is 0 Å². The van der Waals surface area contributed by atoms with Gasteiger partial charge in [-0.1, -0.05) is 36.4 Å². The van der Waals surface area contributed by atoms with E-state index in [1.54, 1.807) is 30.3 Å². The van der Waals surface area contributed by atoms with E-state index in [-0.39, 0.29) is 11.8 Å². The zero-order chi connectivity index (χ0) is 29.6. The molecule has 0 spiro atoms. The van der Waals surface area contributed by atoms with Gasteiger partial charge in [0.1, 0.15) is 0 Å². The van der Waals surface area contributed by atoms with Crippen molar-refractivity contribution in [2.45, 2.75) is 24.6 Å². The van der Waals surface area contributed by atoms with E-state index in [1.165, 1.54) is 18.2 Å². The largest absolute Gasteiger partial charge is 0.416 e. The minimum atomic E-state index is -4.45. The minimum Gasteiger partial charge on any atom is -0.397 e. The predicted octanol–water partition coefficient (Wildman–Crippen LogP) is 5.30. The number of alkyl halides is 3. The van der Waals surface area contributed by atoms with E-state index < -0.39 is 17.7 Å². The Balaban J connectivity index is 1.48. The lowest BCUT2D eigenvalue weighted by molar-refractivity contribution is -0.137. The Morgan fingerprint density at radius 1 is 1.02 bits per heavy atom. The van der Waals surface area contributed by atoms with Gasteiger partial charge >= 0.3 is 6.18 Å². The van der Waals surface area contributed by atoms with E-state index in [1.807, 2.05) is 38.4 Å². The van der Waals surface area contributed by atoms with Gasteiger partial charge in [0, 0.05) is 30.9 Å². The zero-order valence-corrected chi connectivity index (χ0v) is 23.0. The molecule has 41 heavy (non-hydrogen) atoms. The van der Waals surface area contributed by atoms with Gasteiger partial charge in [-0.2, -0.15) is 13.2 Å². The highest BCUT2D eigenvalue weighted by atomic mass is 19.4. The topological polar surface area (TPSA) is 90.7 Å². The molecule has 4 N–H and O–H groups in total. The molecule has 4 rings (SSSR count). The third-order valence-corrected chi connectivity index (χ3v) is 7.20. The molecule has 2 amide bonds. The number of nitrogens with one attached hydrogen (secondary N) is 2. The van der Waals surface area contributed by atoms with Crippen molar-refractivity contribution in [2.75, 3.05) is 50.1 Å². The summed E-state index contributed by atoms with van der Waals surface area (Å²) < 4.78 is 38.9. The highest BCUT2D eigenvalue weighted by molar-refractivity contribution is 6.03. The maximum atomic E-state index is 13.5. The van der Waals surface area contributed by atoms with E-state index in [4.69, 9.17) is 5.73 Å². The van der Waals surface area contributed by atoms with Gasteiger partial charge in [0.2, 0.25) is 11.8 Å². The second kappa shape index (κ2) is 13.0. The normalized spacial score (nSPS) is 16.7. The summed E-state index contributed by atoms with van der Waals surface area (Å²) in [4.78, 5) is 30.2. The molecule has 1 aliphatic rings. The lowest BCUT2D eigenvalue weighted by atomic mass is 9.96. The molecule has 0 radical (unpaired) electrons. The summed E-state index contributed by atoms with van der Waals surface area (Å²) in [5, 5.41) is 5.53. The molecule has 3 aromatic carbocycles. The van der Waals surface area contributed by atoms with E-state index in [9.17, 15) is 22.8 Å². The molecule has 0 aromatic heterocycles. The van der Waals surface area contributed by atoms with Crippen LogP contribution in [0.1, 0.15) is 29.0 Å². The maximum Gasteiger partial charge on any atom is 0.416 e. The molecule has 1 heterocycles. The molecule has 2 atom stereocenters. The van der Waals surface area contributed by atoms with Gasteiger partial charge in [-0.25, -0.2) is 0 Å². The second-order valence-corrected chi connectivity index (χ2v) is 10.4. The Morgan fingerprint density at radius 3 is 2.32 bits per heavy atom. The molecule has 216 valence electrons. The molecule has 0 saturated carbocycles. The van der Waals surface area contributed by atoms with Gasteiger partial charge in [-0.05, 0) is 80.7 Å². The number of hydrogen-bond donors (Lipinski definition) is 3. The molecular weight excluding hydrogens is 531 g/mol. The smallest absolute Gasteiger partial charge is 0.397 e. The summed E-state index contributed by atoms with van der Waals surface area (Å²) in [6.45, 7) is 2.13. The Hall–Kier alpha value is -4.15. The number of nitrogen functional groups attached to an aromatic ring is 1. The molecule has 1 saturated heterocycles. The zero-order valence-electron chi connectivity index (χ0n) is 23.0. The number of likely N-dealkylation sites (N-methyl/N-ethyl adjacent to an activating group) is 1. The first kappa shape index (κ1) is 29.8. The van der Waals surface area contributed by atoms with Crippen LogP contribution in [0.2, 0.25) is 0 Å². The van der Waals surface area contributed by atoms with Gasteiger partial charge in [0.25, 0.3) is 0 Å². The van der Waals surface area contributed by atoms with Crippen LogP contribution in [-0.2, 0) is 15.8 Å². The number of anilines is 3. The molecule has 3 aromatic rings. The van der Waals surface area contributed by atoms with Gasteiger partial charge < -0.3 is 26.2 Å². The number of benzene rings is 3. The third-order valence-electron chi connectivity index (χ3n) is 7.20. The highest BCUT2D eigenvalue weighted by Crippen LogP contribution is 2.30.